The Morgan fingerprint density at radius 3 is 2.26 bits per heavy atom. The molecule has 7 heteroatoms. The fraction of sp³-hybridized carbons (Fsp3) is 0.486. The first-order valence-corrected chi connectivity index (χ1v) is 14.8. The maximum atomic E-state index is 13.6. The second-order valence-electron chi connectivity index (χ2n) is 13.2. The molecule has 0 spiro atoms. The van der Waals surface area contributed by atoms with Crippen LogP contribution in [0.1, 0.15) is 81.6 Å². The maximum Gasteiger partial charge on any atom is 0.337 e. The molecule has 1 saturated heterocycles. The van der Waals surface area contributed by atoms with Crippen LogP contribution >= 0.6 is 0 Å². The van der Waals surface area contributed by atoms with Gasteiger partial charge in [0, 0.05) is 42.0 Å². The van der Waals surface area contributed by atoms with Crippen LogP contribution in [0, 0.1) is 32.0 Å². The van der Waals surface area contributed by atoms with E-state index in [1.54, 1.807) is 13.0 Å². The third-order valence-electron chi connectivity index (χ3n) is 7.99. The van der Waals surface area contributed by atoms with E-state index in [0.29, 0.717) is 29.8 Å². The molecule has 4 rings (SSSR count). The molecule has 2 heterocycles. The van der Waals surface area contributed by atoms with Gasteiger partial charge in [0.2, 0.25) is 0 Å². The van der Waals surface area contributed by atoms with Crippen LogP contribution in [0.3, 0.4) is 0 Å². The predicted molar refractivity (Wildman–Crippen MR) is 166 cm³/mol. The van der Waals surface area contributed by atoms with Crippen LogP contribution < -0.4 is 9.64 Å². The number of hydrogen-bond donors (Lipinski definition) is 1. The molecule has 3 aromatic rings. The monoisotopic (exact) mass is 576 g/mol. The number of aliphatic carboxylic acids is 1. The van der Waals surface area contributed by atoms with Crippen molar-refractivity contribution in [3.8, 4) is 16.9 Å². The molecule has 0 amide bonds. The van der Waals surface area contributed by atoms with Gasteiger partial charge in [0.1, 0.15) is 11.6 Å². The zero-order valence-corrected chi connectivity index (χ0v) is 26.3. The smallest absolute Gasteiger partial charge is 0.337 e. The molecule has 0 unspecified atom stereocenters. The van der Waals surface area contributed by atoms with Crippen molar-refractivity contribution in [2.45, 2.75) is 86.4 Å². The second kappa shape index (κ2) is 12.4. The SMILES string of the molecule is Cc1cc(CCOc2ccc(-c3c(C)nc(C)c([C@H](OC(C)(C)C)C(=O)O)c3N3CCC(C)(C)CC3)cc2)ccc1F. The number of rotatable bonds is 9. The van der Waals surface area contributed by atoms with Crippen LogP contribution in [0.2, 0.25) is 0 Å². The van der Waals surface area contributed by atoms with Crippen molar-refractivity contribution in [3.05, 3.63) is 76.4 Å². The standard InChI is InChI=1S/C35H45FN2O4/c1-22-21-25(9-14-28(22)36)15-20-41-27-12-10-26(11-13-27)29-23(2)37-24(3)30(32(33(39)40)42-34(4,5)6)31(29)38-18-16-35(7,8)17-19-38/h9-14,21,32H,15-20H2,1-8H3,(H,39,40)/t32-/m0/s1. The highest BCUT2D eigenvalue weighted by molar-refractivity contribution is 5.88. The summed E-state index contributed by atoms with van der Waals surface area (Å²) in [5.74, 6) is -0.494. The predicted octanol–water partition coefficient (Wildman–Crippen LogP) is 8.00. The van der Waals surface area contributed by atoms with E-state index in [1.807, 2.05) is 65.0 Å². The lowest BCUT2D eigenvalue weighted by atomic mass is 9.82. The molecule has 0 aliphatic carbocycles. The van der Waals surface area contributed by atoms with Crippen molar-refractivity contribution < 1.29 is 23.8 Å². The summed E-state index contributed by atoms with van der Waals surface area (Å²) >= 11 is 0. The van der Waals surface area contributed by atoms with E-state index in [2.05, 4.69) is 18.7 Å². The van der Waals surface area contributed by atoms with Gasteiger partial charge in [0.05, 0.1) is 17.9 Å². The van der Waals surface area contributed by atoms with E-state index in [4.69, 9.17) is 14.5 Å². The van der Waals surface area contributed by atoms with Gasteiger partial charge in [-0.2, -0.15) is 0 Å². The minimum Gasteiger partial charge on any atom is -0.493 e. The highest BCUT2D eigenvalue weighted by Gasteiger charge is 2.36. The summed E-state index contributed by atoms with van der Waals surface area (Å²) in [5, 5.41) is 10.4. The van der Waals surface area contributed by atoms with Crippen molar-refractivity contribution in [2.75, 3.05) is 24.6 Å². The van der Waals surface area contributed by atoms with Gasteiger partial charge in [0.15, 0.2) is 6.10 Å². The number of carbonyl (C=O) groups is 1. The number of nitrogens with zero attached hydrogens (tertiary/aromatic N) is 2. The molecule has 1 aliphatic rings. The van der Waals surface area contributed by atoms with Gasteiger partial charge >= 0.3 is 5.97 Å². The van der Waals surface area contributed by atoms with Crippen LogP contribution in [0.4, 0.5) is 10.1 Å². The molecule has 1 aliphatic heterocycles. The molecule has 1 N–H and O–H groups in total. The molecule has 1 aromatic heterocycles. The number of benzene rings is 2. The molecule has 0 radical (unpaired) electrons. The van der Waals surface area contributed by atoms with Crippen molar-refractivity contribution in [1.82, 2.24) is 4.98 Å². The number of pyridine rings is 1. The summed E-state index contributed by atoms with van der Waals surface area (Å²) in [6.07, 6.45) is 1.53. The number of aryl methyl sites for hydroxylation is 3. The average molecular weight is 577 g/mol. The summed E-state index contributed by atoms with van der Waals surface area (Å²) in [7, 11) is 0. The van der Waals surface area contributed by atoms with Crippen molar-refractivity contribution in [2.24, 2.45) is 5.41 Å². The van der Waals surface area contributed by atoms with Gasteiger partial charge in [-0.05, 0) is 94.7 Å². The maximum absolute atomic E-state index is 13.6. The molecular formula is C35H45FN2O4. The molecule has 6 nitrogen and oxygen atoms in total. The Morgan fingerprint density at radius 2 is 1.69 bits per heavy atom. The Bertz CT molecular complexity index is 1420. The Balaban J connectivity index is 1.70. The van der Waals surface area contributed by atoms with Gasteiger partial charge in [0.25, 0.3) is 0 Å². The number of carboxylic acid groups (broad SMARTS) is 1. The minimum absolute atomic E-state index is 0.202. The van der Waals surface area contributed by atoms with Crippen LogP contribution in [0.5, 0.6) is 5.75 Å². The van der Waals surface area contributed by atoms with Gasteiger partial charge in [-0.1, -0.05) is 38.1 Å². The fourth-order valence-electron chi connectivity index (χ4n) is 5.62. The number of aromatic nitrogens is 1. The van der Waals surface area contributed by atoms with Gasteiger partial charge in [-0.3, -0.25) is 4.98 Å². The topological polar surface area (TPSA) is 71.9 Å². The molecule has 1 fully saturated rings. The van der Waals surface area contributed by atoms with Crippen molar-refractivity contribution in [3.63, 3.8) is 0 Å². The summed E-state index contributed by atoms with van der Waals surface area (Å²) in [6.45, 7) is 17.9. The fourth-order valence-corrected chi connectivity index (χ4v) is 5.62. The number of piperidine rings is 1. The first kappa shape index (κ1) is 31.5. The summed E-state index contributed by atoms with van der Waals surface area (Å²) in [5.41, 5.74) is 6.12. The Kier molecular flexibility index (Phi) is 9.31. The molecule has 42 heavy (non-hydrogen) atoms. The lowest BCUT2D eigenvalue weighted by Gasteiger charge is -2.41. The lowest BCUT2D eigenvalue weighted by molar-refractivity contribution is -0.160. The molecule has 226 valence electrons. The zero-order chi connectivity index (χ0) is 30.8. The largest absolute Gasteiger partial charge is 0.493 e. The third-order valence-corrected chi connectivity index (χ3v) is 7.99. The highest BCUT2D eigenvalue weighted by atomic mass is 19.1. The number of anilines is 1. The van der Waals surface area contributed by atoms with E-state index in [-0.39, 0.29) is 11.2 Å². The molecule has 1 atom stereocenters. The molecular weight excluding hydrogens is 531 g/mol. The Labute approximate surface area is 249 Å². The van der Waals surface area contributed by atoms with Crippen LogP contribution in [0.15, 0.2) is 42.5 Å². The van der Waals surface area contributed by atoms with E-state index < -0.39 is 17.7 Å². The Hall–Kier alpha value is -3.45. The minimum atomic E-state index is -1.15. The quantitative estimate of drug-likeness (QED) is 0.278. The lowest BCUT2D eigenvalue weighted by Crippen LogP contribution is -2.39. The summed E-state index contributed by atoms with van der Waals surface area (Å²) in [6, 6.07) is 13.0. The van der Waals surface area contributed by atoms with Gasteiger partial charge < -0.3 is 19.5 Å². The van der Waals surface area contributed by atoms with Gasteiger partial charge in [-0.15, -0.1) is 0 Å². The third kappa shape index (κ3) is 7.49. The number of hydrogen-bond acceptors (Lipinski definition) is 5. The average Bonchev–Trinajstić information content (AvgIpc) is 2.89. The molecule has 0 bridgehead atoms. The van der Waals surface area contributed by atoms with Gasteiger partial charge in [-0.25, -0.2) is 9.18 Å². The van der Waals surface area contributed by atoms with Crippen LogP contribution in [-0.2, 0) is 16.0 Å². The first-order valence-electron chi connectivity index (χ1n) is 14.8. The van der Waals surface area contributed by atoms with E-state index in [0.717, 1.165) is 59.8 Å². The normalized spacial score (nSPS) is 15.9. The number of ether oxygens (including phenoxy) is 2. The van der Waals surface area contributed by atoms with E-state index >= 15 is 0 Å². The van der Waals surface area contributed by atoms with E-state index in [1.165, 1.54) is 6.07 Å². The highest BCUT2D eigenvalue weighted by Crippen LogP contribution is 2.45. The number of carboxylic acids is 1. The summed E-state index contributed by atoms with van der Waals surface area (Å²) < 4.78 is 25.8. The van der Waals surface area contributed by atoms with E-state index in [9.17, 15) is 14.3 Å². The first-order chi connectivity index (χ1) is 19.6. The molecule has 2 aromatic carbocycles. The van der Waals surface area contributed by atoms with Crippen molar-refractivity contribution >= 4 is 11.7 Å². The van der Waals surface area contributed by atoms with Crippen LogP contribution in [-0.4, -0.2) is 41.4 Å². The second-order valence-corrected chi connectivity index (χ2v) is 13.2. The van der Waals surface area contributed by atoms with Crippen LogP contribution in [0.25, 0.3) is 11.1 Å². The molecule has 0 saturated carbocycles. The Morgan fingerprint density at radius 1 is 1.05 bits per heavy atom. The van der Waals surface area contributed by atoms with Crippen molar-refractivity contribution in [1.29, 1.82) is 0 Å². The number of halogens is 1. The zero-order valence-electron chi connectivity index (χ0n) is 26.3. The summed E-state index contributed by atoms with van der Waals surface area (Å²) in [4.78, 5) is 19.9.